The molecule has 2 rings (SSSR count). The number of halogens is 2. The monoisotopic (exact) mass is 370 g/mol. The number of esters is 1. The Balaban J connectivity index is 1.78. The molecule has 0 saturated heterocycles. The average molecular weight is 371 g/mol. The highest BCUT2D eigenvalue weighted by molar-refractivity contribution is 6.39. The summed E-state index contributed by atoms with van der Waals surface area (Å²) in [4.78, 5) is 35.0. The largest absolute Gasteiger partial charge is 0.467 e. The van der Waals surface area contributed by atoms with Gasteiger partial charge in [-0.15, -0.1) is 0 Å². The lowest BCUT2D eigenvalue weighted by atomic mass is 10.2. The van der Waals surface area contributed by atoms with Gasteiger partial charge < -0.3 is 14.5 Å². The van der Waals surface area contributed by atoms with Crippen LogP contribution in [-0.2, 0) is 16.1 Å². The van der Waals surface area contributed by atoms with Crippen LogP contribution in [0.25, 0.3) is 0 Å². The van der Waals surface area contributed by atoms with Gasteiger partial charge >= 0.3 is 12.0 Å². The van der Waals surface area contributed by atoms with Gasteiger partial charge in [-0.3, -0.25) is 10.1 Å². The highest BCUT2D eigenvalue weighted by Crippen LogP contribution is 2.24. The Labute approximate surface area is 146 Å². The van der Waals surface area contributed by atoms with Crippen molar-refractivity contribution in [3.8, 4) is 0 Å². The lowest BCUT2D eigenvalue weighted by molar-refractivity contribution is -0.123. The summed E-state index contributed by atoms with van der Waals surface area (Å²) in [5.74, 6) is -1.14. The zero-order valence-electron chi connectivity index (χ0n) is 12.2. The fourth-order valence-corrected chi connectivity index (χ4v) is 2.24. The molecule has 0 fully saturated rings. The molecule has 9 heteroatoms. The van der Waals surface area contributed by atoms with E-state index in [1.807, 2.05) is 5.32 Å². The van der Waals surface area contributed by atoms with E-state index in [1.165, 1.54) is 18.4 Å². The second-order valence-corrected chi connectivity index (χ2v) is 5.30. The van der Waals surface area contributed by atoms with Gasteiger partial charge in [-0.25, -0.2) is 9.59 Å². The first-order chi connectivity index (χ1) is 11.5. The molecule has 1 aromatic heterocycles. The van der Waals surface area contributed by atoms with Crippen molar-refractivity contribution in [3.63, 3.8) is 0 Å². The number of hydrogen-bond donors (Lipinski definition) is 2. The second kappa shape index (κ2) is 8.37. The van der Waals surface area contributed by atoms with Gasteiger partial charge in [-0.1, -0.05) is 29.3 Å². The molecule has 1 aromatic carbocycles. The average Bonchev–Trinajstić information content (AvgIpc) is 3.04. The third-order valence-electron chi connectivity index (χ3n) is 2.76. The van der Waals surface area contributed by atoms with Crippen LogP contribution in [0.1, 0.15) is 16.1 Å². The molecule has 1 heterocycles. The van der Waals surface area contributed by atoms with Crippen LogP contribution < -0.4 is 10.6 Å². The summed E-state index contributed by atoms with van der Waals surface area (Å²) in [7, 11) is 0. The number of furan rings is 1. The summed E-state index contributed by atoms with van der Waals surface area (Å²) in [5.41, 5.74) is -0.0455. The zero-order chi connectivity index (χ0) is 17.5. The number of nitrogens with one attached hydrogen (secondary N) is 2. The molecule has 24 heavy (non-hydrogen) atoms. The molecule has 0 bridgehead atoms. The minimum absolute atomic E-state index is 0.0455. The molecule has 0 radical (unpaired) electrons. The molecule has 2 aromatic rings. The van der Waals surface area contributed by atoms with Crippen LogP contribution in [0.15, 0.2) is 41.0 Å². The van der Waals surface area contributed by atoms with E-state index in [2.05, 4.69) is 5.32 Å². The van der Waals surface area contributed by atoms with Gasteiger partial charge in [0.1, 0.15) is 5.76 Å². The maximum atomic E-state index is 11.9. The molecule has 0 aliphatic rings. The number of carbonyl (C=O) groups excluding carboxylic acids is 3. The van der Waals surface area contributed by atoms with Crippen molar-refractivity contribution in [3.05, 3.63) is 58.0 Å². The van der Waals surface area contributed by atoms with Crippen LogP contribution in [0, 0.1) is 0 Å². The van der Waals surface area contributed by atoms with Crippen molar-refractivity contribution in [2.24, 2.45) is 0 Å². The van der Waals surface area contributed by atoms with Crippen LogP contribution >= 0.6 is 23.2 Å². The van der Waals surface area contributed by atoms with Crippen molar-refractivity contribution >= 4 is 41.1 Å². The molecule has 0 unspecified atom stereocenters. The summed E-state index contributed by atoms with van der Waals surface area (Å²) in [6.45, 7) is -0.546. The Morgan fingerprint density at radius 1 is 1.08 bits per heavy atom. The van der Waals surface area contributed by atoms with E-state index in [-0.39, 0.29) is 22.2 Å². The summed E-state index contributed by atoms with van der Waals surface area (Å²) < 4.78 is 9.80. The molecule has 0 aliphatic carbocycles. The van der Waals surface area contributed by atoms with Crippen LogP contribution in [0.3, 0.4) is 0 Å². The lowest BCUT2D eigenvalue weighted by Gasteiger charge is -2.08. The number of imide groups is 1. The molecule has 2 N–H and O–H groups in total. The van der Waals surface area contributed by atoms with Gasteiger partial charge in [0, 0.05) is 0 Å². The molecule has 0 spiro atoms. The molecular formula is C15H12Cl2N2O5. The van der Waals surface area contributed by atoms with Crippen molar-refractivity contribution in [1.82, 2.24) is 10.6 Å². The predicted octanol–water partition coefficient (Wildman–Crippen LogP) is 2.77. The highest BCUT2D eigenvalue weighted by atomic mass is 35.5. The quantitative estimate of drug-likeness (QED) is 0.788. The van der Waals surface area contributed by atoms with E-state index < -0.39 is 24.5 Å². The SMILES string of the molecule is O=C(COC(=O)c1c(Cl)cccc1Cl)NC(=O)NCc1ccco1. The predicted molar refractivity (Wildman–Crippen MR) is 85.8 cm³/mol. The number of carbonyl (C=O) groups is 3. The summed E-state index contributed by atoms with van der Waals surface area (Å²) in [6.07, 6.45) is 1.46. The van der Waals surface area contributed by atoms with E-state index in [4.69, 9.17) is 32.4 Å². The third kappa shape index (κ3) is 5.00. The Morgan fingerprint density at radius 3 is 2.42 bits per heavy atom. The van der Waals surface area contributed by atoms with E-state index in [9.17, 15) is 14.4 Å². The Bertz CT molecular complexity index is 726. The second-order valence-electron chi connectivity index (χ2n) is 4.48. The number of benzene rings is 1. The van der Waals surface area contributed by atoms with Gasteiger partial charge in [-0.05, 0) is 24.3 Å². The molecular weight excluding hydrogens is 359 g/mol. The van der Waals surface area contributed by atoms with E-state index >= 15 is 0 Å². The smallest absolute Gasteiger partial charge is 0.341 e. The van der Waals surface area contributed by atoms with Crippen LogP contribution in [0.5, 0.6) is 0 Å². The van der Waals surface area contributed by atoms with Gasteiger partial charge in [0.25, 0.3) is 5.91 Å². The van der Waals surface area contributed by atoms with E-state index in [1.54, 1.807) is 18.2 Å². The van der Waals surface area contributed by atoms with Crippen LogP contribution in [0.4, 0.5) is 4.79 Å². The van der Waals surface area contributed by atoms with E-state index in [0.29, 0.717) is 5.76 Å². The molecule has 0 aliphatic heterocycles. The van der Waals surface area contributed by atoms with Gasteiger partial charge in [0.15, 0.2) is 6.61 Å². The normalized spacial score (nSPS) is 10.1. The van der Waals surface area contributed by atoms with Crippen molar-refractivity contribution in [1.29, 1.82) is 0 Å². The van der Waals surface area contributed by atoms with Crippen molar-refractivity contribution in [2.75, 3.05) is 6.61 Å². The van der Waals surface area contributed by atoms with Gasteiger partial charge in [0.05, 0.1) is 28.4 Å². The molecule has 7 nitrogen and oxygen atoms in total. The molecule has 0 saturated carbocycles. The number of rotatable bonds is 5. The Morgan fingerprint density at radius 2 is 1.79 bits per heavy atom. The van der Waals surface area contributed by atoms with Gasteiger partial charge in [-0.2, -0.15) is 0 Å². The lowest BCUT2D eigenvalue weighted by Crippen LogP contribution is -2.41. The van der Waals surface area contributed by atoms with Crippen molar-refractivity contribution < 1.29 is 23.5 Å². The maximum absolute atomic E-state index is 11.9. The van der Waals surface area contributed by atoms with Crippen LogP contribution in [0.2, 0.25) is 10.0 Å². The highest BCUT2D eigenvalue weighted by Gasteiger charge is 2.18. The maximum Gasteiger partial charge on any atom is 0.341 e. The van der Waals surface area contributed by atoms with E-state index in [0.717, 1.165) is 0 Å². The first-order valence-corrected chi connectivity index (χ1v) is 7.44. The summed E-state index contributed by atoms with van der Waals surface area (Å²) in [6, 6.07) is 7.08. The zero-order valence-corrected chi connectivity index (χ0v) is 13.7. The third-order valence-corrected chi connectivity index (χ3v) is 3.39. The number of urea groups is 1. The van der Waals surface area contributed by atoms with Crippen LogP contribution in [-0.4, -0.2) is 24.5 Å². The standard InChI is InChI=1S/C15H12Cl2N2O5/c16-10-4-1-5-11(17)13(10)14(21)24-8-12(20)19-15(22)18-7-9-3-2-6-23-9/h1-6H,7-8H2,(H2,18,19,20,22). The summed E-state index contributed by atoms with van der Waals surface area (Å²) in [5, 5.41) is 4.61. The Kier molecular flexibility index (Phi) is 6.22. The topological polar surface area (TPSA) is 97.6 Å². The van der Waals surface area contributed by atoms with Crippen molar-refractivity contribution in [2.45, 2.75) is 6.54 Å². The van der Waals surface area contributed by atoms with Gasteiger partial charge in [0.2, 0.25) is 0 Å². The fraction of sp³-hybridized carbons (Fsp3) is 0.133. The first kappa shape index (κ1) is 17.8. The molecule has 0 atom stereocenters. The number of hydrogen-bond acceptors (Lipinski definition) is 5. The summed E-state index contributed by atoms with van der Waals surface area (Å²) >= 11 is 11.7. The number of ether oxygens (including phenoxy) is 1. The first-order valence-electron chi connectivity index (χ1n) is 6.68. The molecule has 126 valence electrons. The number of amides is 3. The minimum Gasteiger partial charge on any atom is -0.467 e. The molecule has 3 amide bonds. The fourth-order valence-electron chi connectivity index (χ4n) is 1.68. The Hall–Kier alpha value is -2.51. The minimum atomic E-state index is -0.864.